The average Bonchev–Trinajstić information content (AvgIpc) is 2.24. The minimum atomic E-state index is -0.319. The SMILES string of the molecule is CCCC(C)CN1CC(=O)NC(CC(C)C)C1=O. The van der Waals surface area contributed by atoms with Gasteiger partial charge < -0.3 is 10.2 Å². The zero-order valence-electron chi connectivity index (χ0n) is 12.0. The van der Waals surface area contributed by atoms with Crippen LogP contribution in [0.4, 0.5) is 0 Å². The van der Waals surface area contributed by atoms with Crippen molar-refractivity contribution in [1.82, 2.24) is 10.2 Å². The molecule has 2 unspecified atom stereocenters. The molecule has 0 aliphatic carbocycles. The van der Waals surface area contributed by atoms with E-state index >= 15 is 0 Å². The van der Waals surface area contributed by atoms with Crippen LogP contribution in [0.2, 0.25) is 0 Å². The number of amides is 2. The van der Waals surface area contributed by atoms with Gasteiger partial charge in [0.2, 0.25) is 11.8 Å². The molecule has 0 aromatic rings. The fourth-order valence-corrected chi connectivity index (χ4v) is 2.52. The molecule has 1 aliphatic heterocycles. The van der Waals surface area contributed by atoms with Gasteiger partial charge in [-0.25, -0.2) is 0 Å². The van der Waals surface area contributed by atoms with Crippen molar-refractivity contribution in [2.75, 3.05) is 13.1 Å². The number of rotatable bonds is 6. The first-order valence-electron chi connectivity index (χ1n) is 7.02. The average molecular weight is 254 g/mol. The van der Waals surface area contributed by atoms with Crippen LogP contribution < -0.4 is 5.32 Å². The van der Waals surface area contributed by atoms with Crippen molar-refractivity contribution in [3.63, 3.8) is 0 Å². The van der Waals surface area contributed by atoms with E-state index in [0.717, 1.165) is 19.3 Å². The monoisotopic (exact) mass is 254 g/mol. The van der Waals surface area contributed by atoms with Crippen LogP contribution in [0.5, 0.6) is 0 Å². The maximum atomic E-state index is 12.3. The first-order valence-corrected chi connectivity index (χ1v) is 7.02. The van der Waals surface area contributed by atoms with Crippen molar-refractivity contribution >= 4 is 11.8 Å². The van der Waals surface area contributed by atoms with E-state index in [4.69, 9.17) is 0 Å². The summed E-state index contributed by atoms with van der Waals surface area (Å²) in [4.78, 5) is 25.6. The summed E-state index contributed by atoms with van der Waals surface area (Å²) in [6, 6.07) is -0.319. The Balaban J connectivity index is 2.61. The molecule has 1 saturated heterocycles. The molecular formula is C14H26N2O2. The molecular weight excluding hydrogens is 228 g/mol. The summed E-state index contributed by atoms with van der Waals surface area (Å²) < 4.78 is 0. The first-order chi connectivity index (χ1) is 8.43. The Bertz CT molecular complexity index is 302. The van der Waals surface area contributed by atoms with E-state index < -0.39 is 0 Å². The lowest BCUT2D eigenvalue weighted by molar-refractivity contribution is -0.145. The Morgan fingerprint density at radius 2 is 2.00 bits per heavy atom. The molecule has 0 spiro atoms. The predicted octanol–water partition coefficient (Wildman–Crippen LogP) is 1.80. The molecule has 4 nitrogen and oxygen atoms in total. The van der Waals surface area contributed by atoms with E-state index in [2.05, 4.69) is 33.0 Å². The largest absolute Gasteiger partial charge is 0.343 e. The van der Waals surface area contributed by atoms with Crippen molar-refractivity contribution in [1.29, 1.82) is 0 Å². The highest BCUT2D eigenvalue weighted by molar-refractivity contribution is 5.94. The number of nitrogens with zero attached hydrogens (tertiary/aromatic N) is 1. The molecule has 0 bridgehead atoms. The second-order valence-corrected chi connectivity index (χ2v) is 5.86. The van der Waals surface area contributed by atoms with Gasteiger partial charge >= 0.3 is 0 Å². The summed E-state index contributed by atoms with van der Waals surface area (Å²) in [5.74, 6) is 0.937. The molecule has 2 amide bonds. The van der Waals surface area contributed by atoms with Crippen molar-refractivity contribution in [2.45, 2.75) is 53.0 Å². The zero-order chi connectivity index (χ0) is 13.7. The van der Waals surface area contributed by atoms with Gasteiger partial charge in [0.25, 0.3) is 0 Å². The van der Waals surface area contributed by atoms with Crippen molar-refractivity contribution < 1.29 is 9.59 Å². The molecule has 104 valence electrons. The molecule has 1 rings (SSSR count). The molecule has 0 aromatic heterocycles. The number of hydrogen-bond donors (Lipinski definition) is 1. The lowest BCUT2D eigenvalue weighted by Crippen LogP contribution is -2.58. The van der Waals surface area contributed by atoms with Crippen molar-refractivity contribution in [3.05, 3.63) is 0 Å². The molecule has 1 aliphatic rings. The van der Waals surface area contributed by atoms with Gasteiger partial charge in [-0.15, -0.1) is 0 Å². The van der Waals surface area contributed by atoms with Crippen LogP contribution in [0.25, 0.3) is 0 Å². The standard InChI is InChI=1S/C14H26N2O2/c1-5-6-11(4)8-16-9-13(17)15-12(14(16)18)7-10(2)3/h10-12H,5-9H2,1-4H3,(H,15,17). The summed E-state index contributed by atoms with van der Waals surface area (Å²) in [5, 5.41) is 2.80. The summed E-state index contributed by atoms with van der Waals surface area (Å²) in [6.45, 7) is 9.34. The van der Waals surface area contributed by atoms with Crippen molar-refractivity contribution in [2.24, 2.45) is 11.8 Å². The maximum absolute atomic E-state index is 12.3. The fraction of sp³-hybridized carbons (Fsp3) is 0.857. The number of carbonyl (C=O) groups excluding carboxylic acids is 2. The van der Waals surface area contributed by atoms with Crippen LogP contribution in [0.15, 0.2) is 0 Å². The third kappa shape index (κ3) is 4.31. The smallest absolute Gasteiger partial charge is 0.245 e. The quantitative estimate of drug-likeness (QED) is 0.785. The zero-order valence-corrected chi connectivity index (χ0v) is 12.0. The molecule has 4 heteroatoms. The summed E-state index contributed by atoms with van der Waals surface area (Å²) in [7, 11) is 0. The van der Waals surface area contributed by atoms with Gasteiger partial charge in [0.15, 0.2) is 0 Å². The summed E-state index contributed by atoms with van der Waals surface area (Å²) >= 11 is 0. The minimum absolute atomic E-state index is 0.0241. The van der Waals surface area contributed by atoms with Crippen molar-refractivity contribution in [3.8, 4) is 0 Å². The molecule has 0 radical (unpaired) electrons. The van der Waals surface area contributed by atoms with Gasteiger partial charge in [-0.05, 0) is 24.7 Å². The maximum Gasteiger partial charge on any atom is 0.245 e. The van der Waals surface area contributed by atoms with Gasteiger partial charge in [-0.3, -0.25) is 9.59 Å². The summed E-state index contributed by atoms with van der Waals surface area (Å²) in [6.07, 6.45) is 2.94. The van der Waals surface area contributed by atoms with E-state index in [0.29, 0.717) is 18.4 Å². The number of hydrogen-bond acceptors (Lipinski definition) is 2. The topological polar surface area (TPSA) is 49.4 Å². The van der Waals surface area contributed by atoms with Gasteiger partial charge in [0.05, 0.1) is 6.54 Å². The van der Waals surface area contributed by atoms with E-state index in [9.17, 15) is 9.59 Å². The molecule has 18 heavy (non-hydrogen) atoms. The van der Waals surface area contributed by atoms with Crippen LogP contribution in [0.3, 0.4) is 0 Å². The normalized spacial score (nSPS) is 22.3. The Kier molecular flexibility index (Phi) is 5.63. The first kappa shape index (κ1) is 15.0. The molecule has 1 heterocycles. The van der Waals surface area contributed by atoms with Crippen LogP contribution in [0, 0.1) is 11.8 Å². The Labute approximate surface area is 110 Å². The lowest BCUT2D eigenvalue weighted by Gasteiger charge is -2.34. The van der Waals surface area contributed by atoms with Gasteiger partial charge in [-0.1, -0.05) is 34.1 Å². The lowest BCUT2D eigenvalue weighted by atomic mass is 9.99. The second-order valence-electron chi connectivity index (χ2n) is 5.86. The number of nitrogens with one attached hydrogen (secondary N) is 1. The molecule has 1 N–H and O–H groups in total. The molecule has 0 aromatic carbocycles. The van der Waals surface area contributed by atoms with E-state index in [1.165, 1.54) is 0 Å². The Morgan fingerprint density at radius 3 is 2.56 bits per heavy atom. The molecule has 1 fully saturated rings. The van der Waals surface area contributed by atoms with E-state index in [1.807, 2.05) is 0 Å². The number of carbonyl (C=O) groups is 2. The third-order valence-corrected chi connectivity index (χ3v) is 3.30. The predicted molar refractivity (Wildman–Crippen MR) is 72.0 cm³/mol. The highest BCUT2D eigenvalue weighted by atomic mass is 16.2. The highest BCUT2D eigenvalue weighted by Gasteiger charge is 2.33. The highest BCUT2D eigenvalue weighted by Crippen LogP contribution is 2.14. The van der Waals surface area contributed by atoms with Crippen LogP contribution in [-0.4, -0.2) is 35.8 Å². The van der Waals surface area contributed by atoms with Gasteiger partial charge in [-0.2, -0.15) is 0 Å². The Morgan fingerprint density at radius 1 is 1.33 bits per heavy atom. The van der Waals surface area contributed by atoms with E-state index in [-0.39, 0.29) is 24.4 Å². The van der Waals surface area contributed by atoms with E-state index in [1.54, 1.807) is 4.90 Å². The third-order valence-electron chi connectivity index (χ3n) is 3.30. The fourth-order valence-electron chi connectivity index (χ4n) is 2.52. The van der Waals surface area contributed by atoms with Crippen LogP contribution in [-0.2, 0) is 9.59 Å². The second kappa shape index (κ2) is 6.76. The van der Waals surface area contributed by atoms with Gasteiger partial charge in [0.1, 0.15) is 6.04 Å². The molecule has 0 saturated carbocycles. The minimum Gasteiger partial charge on any atom is -0.343 e. The number of piperazine rings is 1. The molecule has 2 atom stereocenters. The van der Waals surface area contributed by atoms with Crippen LogP contribution in [0.1, 0.15) is 47.0 Å². The van der Waals surface area contributed by atoms with Gasteiger partial charge in [0, 0.05) is 6.54 Å². The Hall–Kier alpha value is -1.06. The van der Waals surface area contributed by atoms with Crippen LogP contribution >= 0.6 is 0 Å². The summed E-state index contributed by atoms with van der Waals surface area (Å²) in [5.41, 5.74) is 0.